The molecule has 1 aliphatic carbocycles. The van der Waals surface area contributed by atoms with Gasteiger partial charge in [-0.1, -0.05) is 17.7 Å². The molecule has 0 spiro atoms. The number of amides is 2. The molecule has 5 nitrogen and oxygen atoms in total. The van der Waals surface area contributed by atoms with Crippen molar-refractivity contribution in [2.45, 2.75) is 48.2 Å². The van der Waals surface area contributed by atoms with E-state index in [9.17, 15) is 18.0 Å². The molecule has 10 heteroatoms. The number of pyridine rings is 1. The van der Waals surface area contributed by atoms with E-state index >= 15 is 0 Å². The van der Waals surface area contributed by atoms with Crippen molar-refractivity contribution in [3.8, 4) is 0 Å². The van der Waals surface area contributed by atoms with Crippen LogP contribution >= 0.6 is 23.4 Å². The summed E-state index contributed by atoms with van der Waals surface area (Å²) in [7, 11) is 0. The van der Waals surface area contributed by atoms with Gasteiger partial charge in [0.05, 0.1) is 5.52 Å². The van der Waals surface area contributed by atoms with Crippen LogP contribution in [0, 0.1) is 0 Å². The third-order valence-corrected chi connectivity index (χ3v) is 6.41. The van der Waals surface area contributed by atoms with E-state index in [1.165, 1.54) is 18.2 Å². The van der Waals surface area contributed by atoms with E-state index in [1.807, 2.05) is 24.3 Å². The van der Waals surface area contributed by atoms with E-state index in [0.717, 1.165) is 42.3 Å². The molecule has 0 bridgehead atoms. The average molecular weight is 495 g/mol. The summed E-state index contributed by atoms with van der Waals surface area (Å²) < 4.78 is 37.7. The third kappa shape index (κ3) is 6.68. The van der Waals surface area contributed by atoms with Crippen molar-refractivity contribution in [1.82, 2.24) is 10.3 Å². The zero-order valence-corrected chi connectivity index (χ0v) is 19.0. The molecule has 3 N–H and O–H groups in total. The Labute approximate surface area is 198 Å². The van der Waals surface area contributed by atoms with Crippen molar-refractivity contribution >= 4 is 51.7 Å². The number of carbonyl (C=O) groups excluding carboxylic acids is 1. The summed E-state index contributed by atoms with van der Waals surface area (Å²) in [6.45, 7) is 0. The number of alkyl halides is 3. The van der Waals surface area contributed by atoms with Gasteiger partial charge in [-0.25, -0.2) is 4.79 Å². The minimum Gasteiger partial charge on any atom is -0.382 e. The van der Waals surface area contributed by atoms with Crippen LogP contribution in [0.25, 0.3) is 10.9 Å². The molecular weight excluding hydrogens is 473 g/mol. The molecule has 1 fully saturated rings. The van der Waals surface area contributed by atoms with E-state index in [-0.39, 0.29) is 28.7 Å². The molecule has 2 amide bonds. The summed E-state index contributed by atoms with van der Waals surface area (Å²) in [6, 6.07) is 13.1. The van der Waals surface area contributed by atoms with Crippen molar-refractivity contribution in [2.75, 3.05) is 10.6 Å². The molecule has 33 heavy (non-hydrogen) atoms. The maximum Gasteiger partial charge on any atom is 0.446 e. The number of halogens is 4. The molecule has 0 radical (unpaired) electrons. The molecule has 0 saturated heterocycles. The van der Waals surface area contributed by atoms with Crippen molar-refractivity contribution in [3.63, 3.8) is 0 Å². The smallest absolute Gasteiger partial charge is 0.382 e. The monoisotopic (exact) mass is 494 g/mol. The van der Waals surface area contributed by atoms with Crippen LogP contribution in [-0.4, -0.2) is 28.6 Å². The second kappa shape index (κ2) is 10.1. The fourth-order valence-electron chi connectivity index (χ4n) is 3.97. The lowest BCUT2D eigenvalue weighted by atomic mass is 9.91. The summed E-state index contributed by atoms with van der Waals surface area (Å²) in [5.74, 6) is 0. The third-order valence-electron chi connectivity index (χ3n) is 5.45. The lowest BCUT2D eigenvalue weighted by Gasteiger charge is -2.30. The van der Waals surface area contributed by atoms with Crippen LogP contribution in [-0.2, 0) is 0 Å². The van der Waals surface area contributed by atoms with E-state index in [2.05, 4.69) is 20.9 Å². The molecule has 0 atom stereocenters. The second-order valence-corrected chi connectivity index (χ2v) is 9.46. The van der Waals surface area contributed by atoms with Crippen molar-refractivity contribution in [1.29, 1.82) is 0 Å². The van der Waals surface area contributed by atoms with Gasteiger partial charge in [0.25, 0.3) is 0 Å². The van der Waals surface area contributed by atoms with Crippen LogP contribution in [0.5, 0.6) is 0 Å². The maximum atomic E-state index is 12.6. The number of nitrogens with zero attached hydrogens (tertiary/aromatic N) is 1. The predicted molar refractivity (Wildman–Crippen MR) is 127 cm³/mol. The number of thioether (sulfide) groups is 1. The first kappa shape index (κ1) is 23.5. The lowest BCUT2D eigenvalue weighted by molar-refractivity contribution is -0.0328. The average Bonchev–Trinajstić information content (AvgIpc) is 2.74. The first-order valence-corrected chi connectivity index (χ1v) is 11.7. The predicted octanol–water partition coefficient (Wildman–Crippen LogP) is 7.04. The first-order chi connectivity index (χ1) is 15.7. The Morgan fingerprint density at radius 2 is 1.79 bits per heavy atom. The number of anilines is 2. The number of nitrogens with one attached hydrogen (secondary N) is 3. The van der Waals surface area contributed by atoms with Gasteiger partial charge < -0.3 is 16.0 Å². The summed E-state index contributed by atoms with van der Waals surface area (Å²) in [6.07, 6.45) is 5.09. The SMILES string of the molecule is O=C(Nc1cccc(SC(F)(F)F)c1)N[C@H]1CC[C@@H](Nc2ccnc3cc(Cl)ccc23)CC1. The van der Waals surface area contributed by atoms with E-state index < -0.39 is 11.5 Å². The molecule has 1 saturated carbocycles. The van der Waals surface area contributed by atoms with E-state index in [4.69, 9.17) is 11.6 Å². The van der Waals surface area contributed by atoms with Gasteiger partial charge in [-0.2, -0.15) is 13.2 Å². The van der Waals surface area contributed by atoms with Gasteiger partial charge in [0.15, 0.2) is 0 Å². The fraction of sp³-hybridized carbons (Fsp3) is 0.304. The quantitative estimate of drug-likeness (QED) is 0.333. The fourth-order valence-corrected chi connectivity index (χ4v) is 4.74. The molecule has 0 aliphatic heterocycles. The molecule has 1 aromatic heterocycles. The summed E-state index contributed by atoms with van der Waals surface area (Å²) in [5, 5.41) is 10.8. The van der Waals surface area contributed by atoms with Crippen LogP contribution in [0.1, 0.15) is 25.7 Å². The number of urea groups is 1. The van der Waals surface area contributed by atoms with Gasteiger partial charge in [-0.3, -0.25) is 4.98 Å². The number of hydrogen-bond acceptors (Lipinski definition) is 4. The molecule has 1 aliphatic rings. The number of rotatable bonds is 5. The Balaban J connectivity index is 1.28. The summed E-state index contributed by atoms with van der Waals surface area (Å²) in [5.41, 5.74) is -2.22. The highest BCUT2D eigenvalue weighted by Gasteiger charge is 2.29. The van der Waals surface area contributed by atoms with Gasteiger partial charge in [-0.15, -0.1) is 0 Å². The van der Waals surface area contributed by atoms with Crippen LogP contribution in [0.15, 0.2) is 59.6 Å². The highest BCUT2D eigenvalue weighted by Crippen LogP contribution is 2.37. The Bertz CT molecular complexity index is 1140. The highest BCUT2D eigenvalue weighted by molar-refractivity contribution is 8.00. The van der Waals surface area contributed by atoms with Crippen LogP contribution in [0.2, 0.25) is 5.02 Å². The van der Waals surface area contributed by atoms with Gasteiger partial charge in [0.2, 0.25) is 0 Å². The minimum atomic E-state index is -4.37. The molecule has 0 unspecified atom stereocenters. The van der Waals surface area contributed by atoms with Gasteiger partial charge >= 0.3 is 11.5 Å². The highest BCUT2D eigenvalue weighted by atomic mass is 35.5. The molecule has 1 heterocycles. The zero-order chi connectivity index (χ0) is 23.4. The Kier molecular flexibility index (Phi) is 7.19. The molecular formula is C23H22ClF3N4OS. The minimum absolute atomic E-state index is 0.00349. The molecule has 4 rings (SSSR count). The standard InChI is InChI=1S/C23H22ClF3N4OS/c24-14-4-9-19-20(10-11-28-21(19)12-14)29-15-5-7-16(8-6-15)30-22(32)31-17-2-1-3-18(13-17)33-23(25,26)27/h1-4,9-13,15-16H,5-8H2,(H,28,29)(H2,30,31,32)/t15-,16+. The number of hydrogen-bond donors (Lipinski definition) is 3. The molecule has 2 aromatic carbocycles. The van der Waals surface area contributed by atoms with E-state index in [0.29, 0.717) is 10.7 Å². The summed E-state index contributed by atoms with van der Waals surface area (Å²) >= 11 is 5.85. The van der Waals surface area contributed by atoms with Gasteiger partial charge in [0, 0.05) is 45.0 Å². The topological polar surface area (TPSA) is 66.1 Å². The van der Waals surface area contributed by atoms with E-state index in [1.54, 1.807) is 12.3 Å². The Morgan fingerprint density at radius 1 is 1.03 bits per heavy atom. The number of fused-ring (bicyclic) bond motifs is 1. The number of benzene rings is 2. The van der Waals surface area contributed by atoms with Gasteiger partial charge in [-0.05, 0) is 79.9 Å². The van der Waals surface area contributed by atoms with Crippen LogP contribution in [0.4, 0.5) is 29.3 Å². The lowest BCUT2D eigenvalue weighted by Crippen LogP contribution is -2.42. The first-order valence-electron chi connectivity index (χ1n) is 10.5. The Hall–Kier alpha value is -2.65. The van der Waals surface area contributed by atoms with Crippen LogP contribution in [0.3, 0.4) is 0 Å². The normalized spacial score (nSPS) is 18.7. The Morgan fingerprint density at radius 3 is 2.55 bits per heavy atom. The maximum absolute atomic E-state index is 12.6. The van der Waals surface area contributed by atoms with Crippen molar-refractivity contribution in [2.24, 2.45) is 0 Å². The van der Waals surface area contributed by atoms with Crippen LogP contribution < -0.4 is 16.0 Å². The number of carbonyl (C=O) groups is 1. The van der Waals surface area contributed by atoms with Crippen molar-refractivity contribution in [3.05, 3.63) is 59.8 Å². The number of aromatic nitrogens is 1. The van der Waals surface area contributed by atoms with Gasteiger partial charge in [0.1, 0.15) is 0 Å². The molecule has 174 valence electrons. The van der Waals surface area contributed by atoms with Crippen molar-refractivity contribution < 1.29 is 18.0 Å². The second-order valence-electron chi connectivity index (χ2n) is 7.89. The largest absolute Gasteiger partial charge is 0.446 e. The zero-order valence-electron chi connectivity index (χ0n) is 17.5. The molecule has 3 aromatic rings. The summed E-state index contributed by atoms with van der Waals surface area (Å²) in [4.78, 5) is 16.7.